The molecule has 8 nitrogen and oxygen atoms in total. The molecular formula is C24H29N5O3. The fraction of sp³-hybridized carbons (Fsp3) is 0.375. The first-order valence-electron chi connectivity index (χ1n) is 11.2. The summed E-state index contributed by atoms with van der Waals surface area (Å²) >= 11 is 0. The number of hydrogen-bond donors (Lipinski definition) is 2. The van der Waals surface area contributed by atoms with Gasteiger partial charge in [0.25, 0.3) is 5.91 Å². The molecule has 2 aromatic heterocycles. The van der Waals surface area contributed by atoms with Crippen molar-refractivity contribution in [3.05, 3.63) is 66.4 Å². The second-order valence-electron chi connectivity index (χ2n) is 8.02. The van der Waals surface area contributed by atoms with E-state index in [4.69, 9.17) is 4.42 Å². The summed E-state index contributed by atoms with van der Waals surface area (Å²) < 4.78 is 7.37. The minimum atomic E-state index is -0.650. The summed E-state index contributed by atoms with van der Waals surface area (Å²) in [7, 11) is 0. The lowest BCUT2D eigenvalue weighted by molar-refractivity contribution is -0.118. The number of aromatic nitrogens is 2. The Bertz CT molecular complexity index is 1040. The molecule has 168 valence electrons. The van der Waals surface area contributed by atoms with E-state index in [2.05, 4.69) is 26.7 Å². The molecule has 1 aliphatic heterocycles. The zero-order chi connectivity index (χ0) is 22.3. The highest BCUT2D eigenvalue weighted by Crippen LogP contribution is 2.23. The number of nitrogens with zero attached hydrogens (tertiary/aromatic N) is 3. The van der Waals surface area contributed by atoms with Crippen molar-refractivity contribution in [3.63, 3.8) is 0 Å². The molecule has 8 heteroatoms. The number of rotatable bonds is 9. The molecule has 1 atom stereocenters. The number of benzene rings is 1. The van der Waals surface area contributed by atoms with E-state index in [1.165, 1.54) is 12.8 Å². The SMILES string of the molecule is CCCC(NC(=O)c1ccc(Cn2cccn2)o1)C(=O)Nc1cccc(N2CCCC2)c1. The van der Waals surface area contributed by atoms with E-state index >= 15 is 0 Å². The zero-order valence-corrected chi connectivity index (χ0v) is 18.3. The summed E-state index contributed by atoms with van der Waals surface area (Å²) in [6.07, 6.45) is 7.18. The Morgan fingerprint density at radius 2 is 2.00 bits per heavy atom. The predicted molar refractivity (Wildman–Crippen MR) is 123 cm³/mol. The van der Waals surface area contributed by atoms with Crippen LogP contribution in [0.4, 0.5) is 11.4 Å². The van der Waals surface area contributed by atoms with Crippen LogP contribution in [0.1, 0.15) is 48.9 Å². The van der Waals surface area contributed by atoms with Crippen LogP contribution < -0.4 is 15.5 Å². The lowest BCUT2D eigenvalue weighted by Gasteiger charge is -2.20. The van der Waals surface area contributed by atoms with Crippen molar-refractivity contribution in [1.29, 1.82) is 0 Å². The van der Waals surface area contributed by atoms with Crippen LogP contribution in [0.2, 0.25) is 0 Å². The summed E-state index contributed by atoms with van der Waals surface area (Å²) in [5, 5.41) is 9.91. The van der Waals surface area contributed by atoms with Gasteiger partial charge < -0.3 is 20.0 Å². The van der Waals surface area contributed by atoms with Crippen LogP contribution in [0.3, 0.4) is 0 Å². The Morgan fingerprint density at radius 1 is 1.16 bits per heavy atom. The van der Waals surface area contributed by atoms with E-state index in [1.54, 1.807) is 23.0 Å². The molecule has 1 unspecified atom stereocenters. The van der Waals surface area contributed by atoms with Crippen LogP contribution in [-0.4, -0.2) is 40.7 Å². The second-order valence-corrected chi connectivity index (χ2v) is 8.02. The Balaban J connectivity index is 1.38. The molecule has 1 fully saturated rings. The molecule has 3 heterocycles. The molecule has 3 aromatic rings. The molecule has 2 N–H and O–H groups in total. The molecule has 0 saturated carbocycles. The van der Waals surface area contributed by atoms with Gasteiger partial charge in [-0.1, -0.05) is 19.4 Å². The first kappa shape index (κ1) is 21.7. The Morgan fingerprint density at radius 3 is 2.75 bits per heavy atom. The van der Waals surface area contributed by atoms with Gasteiger partial charge in [-0.2, -0.15) is 5.10 Å². The molecule has 32 heavy (non-hydrogen) atoms. The van der Waals surface area contributed by atoms with Gasteiger partial charge in [0.1, 0.15) is 11.8 Å². The van der Waals surface area contributed by atoms with Crippen LogP contribution in [0, 0.1) is 0 Å². The maximum absolute atomic E-state index is 12.9. The number of carbonyl (C=O) groups excluding carboxylic acids is 2. The minimum absolute atomic E-state index is 0.178. The van der Waals surface area contributed by atoms with Gasteiger partial charge in [-0.3, -0.25) is 14.3 Å². The largest absolute Gasteiger partial charge is 0.454 e. The van der Waals surface area contributed by atoms with E-state index in [0.717, 1.165) is 30.9 Å². The number of furan rings is 1. The smallest absolute Gasteiger partial charge is 0.287 e. The van der Waals surface area contributed by atoms with E-state index < -0.39 is 11.9 Å². The standard InChI is InChI=1S/C24H29N5O3/c1-2-7-21(23(30)26-18-8-5-9-19(16-18)28-13-3-4-14-28)27-24(31)22-11-10-20(32-22)17-29-15-6-12-25-29/h5-6,8-12,15-16,21H,2-4,7,13-14,17H2,1H3,(H,26,30)(H,27,31). The zero-order valence-electron chi connectivity index (χ0n) is 18.3. The fourth-order valence-electron chi connectivity index (χ4n) is 3.91. The number of anilines is 2. The third kappa shape index (κ3) is 5.38. The minimum Gasteiger partial charge on any atom is -0.454 e. The molecule has 0 radical (unpaired) electrons. The van der Waals surface area contributed by atoms with Crippen LogP contribution in [0.5, 0.6) is 0 Å². The van der Waals surface area contributed by atoms with Crippen LogP contribution in [-0.2, 0) is 11.3 Å². The average Bonchev–Trinajstić information content (AvgIpc) is 3.57. The molecule has 2 amide bonds. The van der Waals surface area contributed by atoms with E-state index in [1.807, 2.05) is 37.4 Å². The molecule has 1 saturated heterocycles. The third-order valence-corrected chi connectivity index (χ3v) is 5.55. The molecule has 0 bridgehead atoms. The topological polar surface area (TPSA) is 92.4 Å². The van der Waals surface area contributed by atoms with Crippen molar-refractivity contribution < 1.29 is 14.0 Å². The maximum atomic E-state index is 12.9. The first-order chi connectivity index (χ1) is 15.6. The molecule has 4 rings (SSSR count). The average molecular weight is 436 g/mol. The highest BCUT2D eigenvalue weighted by atomic mass is 16.4. The van der Waals surface area contributed by atoms with Gasteiger partial charge >= 0.3 is 0 Å². The molecule has 0 spiro atoms. The third-order valence-electron chi connectivity index (χ3n) is 5.55. The van der Waals surface area contributed by atoms with Gasteiger partial charge in [0.05, 0.1) is 6.54 Å². The number of amides is 2. The molecule has 1 aromatic carbocycles. The van der Waals surface area contributed by atoms with E-state index in [0.29, 0.717) is 18.7 Å². The first-order valence-corrected chi connectivity index (χ1v) is 11.2. The Kier molecular flexibility index (Phi) is 6.89. The van der Waals surface area contributed by atoms with Gasteiger partial charge in [0, 0.05) is 36.9 Å². The van der Waals surface area contributed by atoms with Gasteiger partial charge in [-0.15, -0.1) is 0 Å². The monoisotopic (exact) mass is 435 g/mol. The van der Waals surface area contributed by atoms with Crippen LogP contribution in [0.25, 0.3) is 0 Å². The van der Waals surface area contributed by atoms with Crippen molar-refractivity contribution in [3.8, 4) is 0 Å². The van der Waals surface area contributed by atoms with Crippen LogP contribution >= 0.6 is 0 Å². The highest BCUT2D eigenvalue weighted by molar-refractivity contribution is 6.00. The Hall–Kier alpha value is -3.55. The van der Waals surface area contributed by atoms with Crippen molar-refractivity contribution in [2.24, 2.45) is 0 Å². The van der Waals surface area contributed by atoms with Gasteiger partial charge in [0.15, 0.2) is 5.76 Å². The summed E-state index contributed by atoms with van der Waals surface area (Å²) in [6.45, 7) is 4.50. The van der Waals surface area contributed by atoms with Gasteiger partial charge in [-0.05, 0) is 55.7 Å². The van der Waals surface area contributed by atoms with E-state index in [9.17, 15) is 9.59 Å². The van der Waals surface area contributed by atoms with Crippen molar-refractivity contribution in [1.82, 2.24) is 15.1 Å². The summed E-state index contributed by atoms with van der Waals surface area (Å²) in [5.41, 5.74) is 1.84. The number of hydrogen-bond acceptors (Lipinski definition) is 5. The molecule has 0 aliphatic carbocycles. The lowest BCUT2D eigenvalue weighted by Crippen LogP contribution is -2.43. The fourth-order valence-corrected chi connectivity index (χ4v) is 3.91. The maximum Gasteiger partial charge on any atom is 0.287 e. The molecular weight excluding hydrogens is 406 g/mol. The van der Waals surface area contributed by atoms with Crippen molar-refractivity contribution in [2.75, 3.05) is 23.3 Å². The summed E-state index contributed by atoms with van der Waals surface area (Å²) in [4.78, 5) is 28.0. The quantitative estimate of drug-likeness (QED) is 0.535. The van der Waals surface area contributed by atoms with E-state index in [-0.39, 0.29) is 11.7 Å². The van der Waals surface area contributed by atoms with Crippen LogP contribution in [0.15, 0.2) is 59.3 Å². The Labute approximate surface area is 187 Å². The van der Waals surface area contributed by atoms with Crippen molar-refractivity contribution in [2.45, 2.75) is 45.2 Å². The second kappa shape index (κ2) is 10.2. The normalized spacial score (nSPS) is 14.3. The predicted octanol–water partition coefficient (Wildman–Crippen LogP) is 3.66. The van der Waals surface area contributed by atoms with Gasteiger partial charge in [-0.25, -0.2) is 0 Å². The number of nitrogens with one attached hydrogen (secondary N) is 2. The number of carbonyl (C=O) groups is 2. The summed E-state index contributed by atoms with van der Waals surface area (Å²) in [5.74, 6) is 0.157. The van der Waals surface area contributed by atoms with Gasteiger partial charge in [0.2, 0.25) is 5.91 Å². The molecule has 1 aliphatic rings. The highest BCUT2D eigenvalue weighted by Gasteiger charge is 2.23. The lowest BCUT2D eigenvalue weighted by atomic mass is 10.1. The summed E-state index contributed by atoms with van der Waals surface area (Å²) in [6, 6.07) is 12.4. The van der Waals surface area contributed by atoms with Crippen molar-refractivity contribution >= 4 is 23.2 Å².